The Morgan fingerprint density at radius 3 is 3.00 bits per heavy atom. The molecule has 4 heteroatoms. The molecule has 1 N–H and O–H groups in total. The number of hydrogen-bond acceptors (Lipinski definition) is 4. The minimum absolute atomic E-state index is 0.328. The summed E-state index contributed by atoms with van der Waals surface area (Å²) in [4.78, 5) is 14.7. The van der Waals surface area contributed by atoms with Crippen LogP contribution in [0.2, 0.25) is 0 Å². The van der Waals surface area contributed by atoms with Gasteiger partial charge >= 0.3 is 5.97 Å². The summed E-state index contributed by atoms with van der Waals surface area (Å²) >= 11 is 0. The van der Waals surface area contributed by atoms with Crippen LogP contribution in [0, 0.1) is 0 Å². The highest BCUT2D eigenvalue weighted by Gasteiger charge is 2.13. The molecular weight excluding hydrogens is 182 g/mol. The number of aliphatic hydroxyl groups is 1. The van der Waals surface area contributed by atoms with Crippen molar-refractivity contribution in [3.63, 3.8) is 0 Å². The van der Waals surface area contributed by atoms with Crippen LogP contribution >= 0.6 is 0 Å². The molecule has 0 aliphatic rings. The third-order valence-electron chi connectivity index (χ3n) is 1.76. The van der Waals surface area contributed by atoms with Gasteiger partial charge in [0, 0.05) is 13.1 Å². The van der Waals surface area contributed by atoms with Gasteiger partial charge in [0.05, 0.1) is 6.10 Å². The van der Waals surface area contributed by atoms with Crippen LogP contribution in [0.25, 0.3) is 0 Å². The highest BCUT2D eigenvalue weighted by Crippen LogP contribution is 2.24. The van der Waals surface area contributed by atoms with Crippen molar-refractivity contribution in [2.45, 2.75) is 26.4 Å². The first-order valence-electron chi connectivity index (χ1n) is 4.46. The van der Waals surface area contributed by atoms with Crippen molar-refractivity contribution >= 4 is 5.97 Å². The van der Waals surface area contributed by atoms with Crippen LogP contribution in [-0.4, -0.2) is 16.1 Å². The molecule has 1 rings (SSSR count). The van der Waals surface area contributed by atoms with Crippen LogP contribution in [0.15, 0.2) is 18.3 Å². The maximum Gasteiger partial charge on any atom is 0.308 e. The van der Waals surface area contributed by atoms with E-state index in [1.807, 2.05) is 6.92 Å². The maximum absolute atomic E-state index is 10.7. The van der Waals surface area contributed by atoms with E-state index in [2.05, 4.69) is 4.98 Å². The van der Waals surface area contributed by atoms with Gasteiger partial charge in [-0.25, -0.2) is 0 Å². The molecule has 0 aliphatic carbocycles. The second-order valence-corrected chi connectivity index (χ2v) is 2.90. The molecule has 0 saturated carbocycles. The maximum atomic E-state index is 10.7. The molecule has 14 heavy (non-hydrogen) atoms. The smallest absolute Gasteiger partial charge is 0.308 e. The van der Waals surface area contributed by atoms with Gasteiger partial charge in [0.1, 0.15) is 5.69 Å². The molecule has 0 bridgehead atoms. The lowest BCUT2D eigenvalue weighted by molar-refractivity contribution is -0.132. The standard InChI is InChI=1S/C10H13NO3/c1-3-8(13)10-9(14-7(2)12)5-4-6-11-10/h4-6,8,13H,3H2,1-2H3. The SMILES string of the molecule is CCC(O)c1ncccc1OC(C)=O. The Hall–Kier alpha value is -1.42. The Morgan fingerprint density at radius 2 is 2.43 bits per heavy atom. The highest BCUT2D eigenvalue weighted by atomic mass is 16.5. The van der Waals surface area contributed by atoms with Crippen molar-refractivity contribution in [1.82, 2.24) is 4.98 Å². The summed E-state index contributed by atoms with van der Waals surface area (Å²) in [5.41, 5.74) is 0.408. The topological polar surface area (TPSA) is 59.4 Å². The van der Waals surface area contributed by atoms with Gasteiger partial charge in [0.2, 0.25) is 0 Å². The van der Waals surface area contributed by atoms with Crippen LogP contribution in [0.3, 0.4) is 0 Å². The van der Waals surface area contributed by atoms with E-state index in [9.17, 15) is 9.90 Å². The minimum Gasteiger partial charge on any atom is -0.425 e. The van der Waals surface area contributed by atoms with E-state index < -0.39 is 12.1 Å². The molecule has 0 spiro atoms. The summed E-state index contributed by atoms with van der Waals surface area (Å²) in [5.74, 6) is -0.0862. The molecule has 1 atom stereocenters. The molecule has 76 valence electrons. The fourth-order valence-electron chi connectivity index (χ4n) is 1.09. The number of hydrogen-bond donors (Lipinski definition) is 1. The number of pyridine rings is 1. The zero-order chi connectivity index (χ0) is 10.6. The number of carbonyl (C=O) groups is 1. The molecule has 0 radical (unpaired) electrons. The highest BCUT2D eigenvalue weighted by molar-refractivity contribution is 5.69. The van der Waals surface area contributed by atoms with Gasteiger partial charge in [-0.05, 0) is 18.6 Å². The zero-order valence-corrected chi connectivity index (χ0v) is 8.23. The Morgan fingerprint density at radius 1 is 1.71 bits per heavy atom. The summed E-state index contributed by atoms with van der Waals surface area (Å²) in [6.45, 7) is 3.14. The van der Waals surface area contributed by atoms with Crippen molar-refractivity contribution < 1.29 is 14.6 Å². The summed E-state index contributed by atoms with van der Waals surface area (Å²) in [6.07, 6.45) is 1.40. The van der Waals surface area contributed by atoms with Crippen molar-refractivity contribution in [2.75, 3.05) is 0 Å². The molecule has 0 amide bonds. The second-order valence-electron chi connectivity index (χ2n) is 2.90. The normalized spacial score (nSPS) is 12.2. The molecule has 4 nitrogen and oxygen atoms in total. The first kappa shape index (κ1) is 10.7. The van der Waals surface area contributed by atoms with Gasteiger partial charge in [0.15, 0.2) is 5.75 Å². The molecule has 1 heterocycles. The van der Waals surface area contributed by atoms with Crippen molar-refractivity contribution in [3.05, 3.63) is 24.0 Å². The van der Waals surface area contributed by atoms with E-state index >= 15 is 0 Å². The van der Waals surface area contributed by atoms with Gasteiger partial charge in [-0.1, -0.05) is 6.92 Å². The van der Waals surface area contributed by atoms with Crippen LogP contribution < -0.4 is 4.74 Å². The fourth-order valence-corrected chi connectivity index (χ4v) is 1.09. The Kier molecular flexibility index (Phi) is 3.59. The fraction of sp³-hybridized carbons (Fsp3) is 0.400. The summed E-state index contributed by atoms with van der Waals surface area (Å²) in [5, 5.41) is 9.57. The van der Waals surface area contributed by atoms with Gasteiger partial charge < -0.3 is 9.84 Å². The molecule has 0 fully saturated rings. The van der Waals surface area contributed by atoms with E-state index in [1.54, 1.807) is 18.3 Å². The third kappa shape index (κ3) is 2.53. The molecule has 0 aromatic carbocycles. The van der Waals surface area contributed by atoms with Crippen LogP contribution in [0.5, 0.6) is 5.75 Å². The Bertz CT molecular complexity index is 325. The van der Waals surface area contributed by atoms with Crippen molar-refractivity contribution in [1.29, 1.82) is 0 Å². The van der Waals surface area contributed by atoms with Gasteiger partial charge in [-0.3, -0.25) is 9.78 Å². The molecule has 1 aromatic heterocycles. The van der Waals surface area contributed by atoms with Crippen LogP contribution in [0.4, 0.5) is 0 Å². The van der Waals surface area contributed by atoms with Crippen molar-refractivity contribution in [3.8, 4) is 5.75 Å². The quantitative estimate of drug-likeness (QED) is 0.741. The lowest BCUT2D eigenvalue weighted by Gasteiger charge is -2.11. The number of aromatic nitrogens is 1. The van der Waals surface area contributed by atoms with Gasteiger partial charge in [-0.2, -0.15) is 0 Å². The van der Waals surface area contributed by atoms with Gasteiger partial charge in [0.25, 0.3) is 0 Å². The number of nitrogens with zero attached hydrogens (tertiary/aromatic N) is 1. The lowest BCUT2D eigenvalue weighted by Crippen LogP contribution is -2.07. The largest absolute Gasteiger partial charge is 0.425 e. The molecule has 0 aliphatic heterocycles. The molecule has 1 unspecified atom stereocenters. The lowest BCUT2D eigenvalue weighted by atomic mass is 10.1. The molecule has 1 aromatic rings. The summed E-state index contributed by atoms with van der Waals surface area (Å²) < 4.78 is 4.91. The van der Waals surface area contributed by atoms with E-state index in [-0.39, 0.29) is 0 Å². The summed E-state index contributed by atoms with van der Waals surface area (Å²) in [6, 6.07) is 3.27. The zero-order valence-electron chi connectivity index (χ0n) is 8.23. The number of carbonyl (C=O) groups excluding carboxylic acids is 1. The summed E-state index contributed by atoms with van der Waals surface area (Å²) in [7, 11) is 0. The van der Waals surface area contributed by atoms with E-state index in [4.69, 9.17) is 4.74 Å². The molecular formula is C10H13NO3. The van der Waals surface area contributed by atoms with E-state index in [0.29, 0.717) is 17.9 Å². The minimum atomic E-state index is -0.689. The van der Waals surface area contributed by atoms with Crippen LogP contribution in [0.1, 0.15) is 32.1 Å². The van der Waals surface area contributed by atoms with E-state index in [0.717, 1.165) is 0 Å². The number of aliphatic hydroxyl groups excluding tert-OH is 1. The number of ether oxygens (including phenoxy) is 1. The Labute approximate surface area is 82.5 Å². The first-order chi connectivity index (χ1) is 6.65. The van der Waals surface area contributed by atoms with Crippen LogP contribution in [-0.2, 0) is 4.79 Å². The number of esters is 1. The number of rotatable bonds is 3. The average Bonchev–Trinajstić information content (AvgIpc) is 2.16. The predicted molar refractivity (Wildman–Crippen MR) is 50.8 cm³/mol. The predicted octanol–water partition coefficient (Wildman–Crippen LogP) is 1.45. The van der Waals surface area contributed by atoms with E-state index in [1.165, 1.54) is 6.92 Å². The monoisotopic (exact) mass is 195 g/mol. The second kappa shape index (κ2) is 4.72. The Balaban J connectivity index is 2.96. The third-order valence-corrected chi connectivity index (χ3v) is 1.76. The first-order valence-corrected chi connectivity index (χ1v) is 4.46. The molecule has 0 saturated heterocycles. The van der Waals surface area contributed by atoms with Crippen molar-refractivity contribution in [2.24, 2.45) is 0 Å². The average molecular weight is 195 g/mol. The van der Waals surface area contributed by atoms with Gasteiger partial charge in [-0.15, -0.1) is 0 Å².